The number of aromatic nitrogens is 2. The van der Waals surface area contributed by atoms with Crippen LogP contribution < -0.4 is 5.32 Å². The summed E-state index contributed by atoms with van der Waals surface area (Å²) in [7, 11) is 1.98. The molecule has 0 saturated heterocycles. The molecule has 1 aromatic carbocycles. The summed E-state index contributed by atoms with van der Waals surface area (Å²) < 4.78 is 1.93. The van der Waals surface area contributed by atoms with E-state index >= 15 is 0 Å². The predicted octanol–water partition coefficient (Wildman–Crippen LogP) is 2.96. The van der Waals surface area contributed by atoms with Crippen molar-refractivity contribution in [1.29, 1.82) is 0 Å². The molecule has 0 unspecified atom stereocenters. The number of anilines is 1. The highest BCUT2D eigenvalue weighted by Crippen LogP contribution is 2.15. The molecule has 0 atom stereocenters. The Hall–Kier alpha value is -1.77. The van der Waals surface area contributed by atoms with Gasteiger partial charge in [0.25, 0.3) is 0 Å². The second-order valence-corrected chi connectivity index (χ2v) is 4.50. The number of rotatable bonds is 3. The third kappa shape index (κ3) is 2.49. The Labute approximate surface area is 102 Å². The molecule has 2 rings (SSSR count). The van der Waals surface area contributed by atoms with Crippen LogP contribution in [0.2, 0.25) is 0 Å². The zero-order valence-corrected chi connectivity index (χ0v) is 10.9. The van der Waals surface area contributed by atoms with E-state index in [-0.39, 0.29) is 0 Å². The van der Waals surface area contributed by atoms with Crippen LogP contribution in [0.1, 0.15) is 22.5 Å². The molecular weight excluding hydrogens is 210 g/mol. The largest absolute Gasteiger partial charge is 0.381 e. The molecule has 90 valence electrons. The Kier molecular flexibility index (Phi) is 3.18. The highest BCUT2D eigenvalue weighted by molar-refractivity contribution is 5.46. The molecule has 1 aromatic heterocycles. The summed E-state index contributed by atoms with van der Waals surface area (Å²) in [5, 5.41) is 7.86. The van der Waals surface area contributed by atoms with Crippen LogP contribution in [0.3, 0.4) is 0 Å². The fourth-order valence-electron chi connectivity index (χ4n) is 2.02. The molecule has 3 nitrogen and oxygen atoms in total. The summed E-state index contributed by atoms with van der Waals surface area (Å²) in [6.45, 7) is 7.09. The third-order valence-corrected chi connectivity index (χ3v) is 3.15. The maximum atomic E-state index is 4.42. The van der Waals surface area contributed by atoms with Gasteiger partial charge in [0.15, 0.2) is 0 Å². The van der Waals surface area contributed by atoms with Crippen molar-refractivity contribution in [2.45, 2.75) is 27.3 Å². The molecule has 0 aliphatic carbocycles. The van der Waals surface area contributed by atoms with Crippen LogP contribution in [-0.2, 0) is 13.6 Å². The summed E-state index contributed by atoms with van der Waals surface area (Å²) >= 11 is 0. The SMILES string of the molecule is Cc1cccc(NCc2c(C)nn(C)c2C)c1. The number of nitrogens with one attached hydrogen (secondary N) is 1. The Balaban J connectivity index is 2.12. The Morgan fingerprint density at radius 3 is 2.59 bits per heavy atom. The zero-order chi connectivity index (χ0) is 12.4. The molecular formula is C14H19N3. The van der Waals surface area contributed by atoms with Crippen LogP contribution in [0.25, 0.3) is 0 Å². The van der Waals surface area contributed by atoms with E-state index < -0.39 is 0 Å². The molecule has 0 radical (unpaired) electrons. The lowest BCUT2D eigenvalue weighted by molar-refractivity contribution is 0.730. The number of aryl methyl sites for hydroxylation is 3. The highest BCUT2D eigenvalue weighted by Gasteiger charge is 2.08. The topological polar surface area (TPSA) is 29.9 Å². The van der Waals surface area contributed by atoms with Gasteiger partial charge in [-0.15, -0.1) is 0 Å². The molecule has 0 saturated carbocycles. The zero-order valence-electron chi connectivity index (χ0n) is 10.9. The Bertz CT molecular complexity index is 526. The minimum absolute atomic E-state index is 0.828. The molecule has 0 aliphatic rings. The fraction of sp³-hybridized carbons (Fsp3) is 0.357. The van der Waals surface area contributed by atoms with E-state index in [9.17, 15) is 0 Å². The molecule has 3 heteroatoms. The van der Waals surface area contributed by atoms with Crippen molar-refractivity contribution in [2.75, 3.05) is 5.32 Å². The van der Waals surface area contributed by atoms with Crippen LogP contribution in [0.5, 0.6) is 0 Å². The fourth-order valence-corrected chi connectivity index (χ4v) is 2.02. The lowest BCUT2D eigenvalue weighted by Crippen LogP contribution is -2.02. The number of hydrogen-bond donors (Lipinski definition) is 1. The van der Waals surface area contributed by atoms with Crippen LogP contribution in [0.15, 0.2) is 24.3 Å². The van der Waals surface area contributed by atoms with Crippen molar-refractivity contribution in [3.8, 4) is 0 Å². The van der Waals surface area contributed by atoms with Gasteiger partial charge in [-0.2, -0.15) is 5.10 Å². The van der Waals surface area contributed by atoms with Crippen molar-refractivity contribution < 1.29 is 0 Å². The first kappa shape index (κ1) is 11.7. The first-order valence-corrected chi connectivity index (χ1v) is 5.87. The summed E-state index contributed by atoms with van der Waals surface area (Å²) in [6.07, 6.45) is 0. The normalized spacial score (nSPS) is 10.6. The summed E-state index contributed by atoms with van der Waals surface area (Å²) in [4.78, 5) is 0. The van der Waals surface area contributed by atoms with Gasteiger partial charge >= 0.3 is 0 Å². The lowest BCUT2D eigenvalue weighted by atomic mass is 10.2. The summed E-state index contributed by atoms with van der Waals surface area (Å²) in [6, 6.07) is 8.42. The third-order valence-electron chi connectivity index (χ3n) is 3.15. The maximum Gasteiger partial charge on any atom is 0.0646 e. The van der Waals surface area contributed by atoms with Crippen molar-refractivity contribution >= 4 is 5.69 Å². The molecule has 1 N–H and O–H groups in total. The van der Waals surface area contributed by atoms with Gasteiger partial charge in [0.05, 0.1) is 5.69 Å². The number of nitrogens with zero attached hydrogens (tertiary/aromatic N) is 2. The van der Waals surface area contributed by atoms with E-state index in [2.05, 4.69) is 55.5 Å². The molecule has 17 heavy (non-hydrogen) atoms. The van der Waals surface area contributed by atoms with Crippen LogP contribution in [0.4, 0.5) is 5.69 Å². The first-order chi connectivity index (χ1) is 8.08. The van der Waals surface area contributed by atoms with Gasteiger partial charge in [0.2, 0.25) is 0 Å². The van der Waals surface area contributed by atoms with Gasteiger partial charge in [0, 0.05) is 30.5 Å². The number of hydrogen-bond acceptors (Lipinski definition) is 2. The van der Waals surface area contributed by atoms with Crippen LogP contribution in [-0.4, -0.2) is 9.78 Å². The van der Waals surface area contributed by atoms with E-state index in [1.165, 1.54) is 16.8 Å². The predicted molar refractivity (Wildman–Crippen MR) is 71.2 cm³/mol. The van der Waals surface area contributed by atoms with E-state index in [4.69, 9.17) is 0 Å². The first-order valence-electron chi connectivity index (χ1n) is 5.87. The monoisotopic (exact) mass is 229 g/mol. The lowest BCUT2D eigenvalue weighted by Gasteiger charge is -2.07. The smallest absolute Gasteiger partial charge is 0.0646 e. The van der Waals surface area contributed by atoms with Gasteiger partial charge in [-0.25, -0.2) is 0 Å². The van der Waals surface area contributed by atoms with E-state index in [1.54, 1.807) is 0 Å². The minimum atomic E-state index is 0.828. The Morgan fingerprint density at radius 2 is 2.00 bits per heavy atom. The maximum absolute atomic E-state index is 4.42. The number of benzene rings is 1. The molecule has 2 aromatic rings. The molecule has 0 bridgehead atoms. The van der Waals surface area contributed by atoms with Crippen molar-refractivity contribution in [1.82, 2.24) is 9.78 Å². The van der Waals surface area contributed by atoms with E-state index in [1.807, 2.05) is 11.7 Å². The standard InChI is InChI=1S/C14H19N3/c1-10-6-5-7-13(8-10)15-9-14-11(2)16-17(4)12(14)3/h5-8,15H,9H2,1-4H3. The van der Waals surface area contributed by atoms with Crippen LogP contribution >= 0.6 is 0 Å². The molecule has 0 amide bonds. The molecule has 0 fully saturated rings. The highest BCUT2D eigenvalue weighted by atomic mass is 15.3. The van der Waals surface area contributed by atoms with Gasteiger partial charge in [0.1, 0.15) is 0 Å². The molecule has 0 aliphatic heterocycles. The van der Waals surface area contributed by atoms with E-state index in [0.717, 1.165) is 17.9 Å². The second-order valence-electron chi connectivity index (χ2n) is 4.50. The van der Waals surface area contributed by atoms with Gasteiger partial charge in [-0.1, -0.05) is 12.1 Å². The van der Waals surface area contributed by atoms with Gasteiger partial charge in [-0.05, 0) is 38.5 Å². The second kappa shape index (κ2) is 4.62. The molecule has 0 spiro atoms. The quantitative estimate of drug-likeness (QED) is 0.877. The average Bonchev–Trinajstić information content (AvgIpc) is 2.51. The van der Waals surface area contributed by atoms with Gasteiger partial charge < -0.3 is 5.32 Å². The summed E-state index contributed by atoms with van der Waals surface area (Å²) in [5.74, 6) is 0. The van der Waals surface area contributed by atoms with Gasteiger partial charge in [-0.3, -0.25) is 4.68 Å². The minimum Gasteiger partial charge on any atom is -0.381 e. The Morgan fingerprint density at radius 1 is 1.24 bits per heavy atom. The van der Waals surface area contributed by atoms with Crippen molar-refractivity contribution in [2.24, 2.45) is 7.05 Å². The average molecular weight is 229 g/mol. The van der Waals surface area contributed by atoms with Crippen LogP contribution in [0, 0.1) is 20.8 Å². The van der Waals surface area contributed by atoms with E-state index in [0.29, 0.717) is 0 Å². The molecule has 1 heterocycles. The van der Waals surface area contributed by atoms with Crippen molar-refractivity contribution in [3.05, 3.63) is 46.8 Å². The summed E-state index contributed by atoms with van der Waals surface area (Å²) in [5.41, 5.74) is 6.05. The van der Waals surface area contributed by atoms with Crippen molar-refractivity contribution in [3.63, 3.8) is 0 Å².